The first-order chi connectivity index (χ1) is 30.3. The van der Waals surface area contributed by atoms with Crippen LogP contribution in [0.3, 0.4) is 0 Å². The van der Waals surface area contributed by atoms with E-state index in [1.54, 1.807) is 24.5 Å². The van der Waals surface area contributed by atoms with Crippen molar-refractivity contribution in [2.24, 2.45) is 16.5 Å². The predicted molar refractivity (Wildman–Crippen MR) is 236 cm³/mol. The lowest BCUT2D eigenvalue weighted by molar-refractivity contribution is -0.142. The molecule has 0 saturated heterocycles. The van der Waals surface area contributed by atoms with Crippen molar-refractivity contribution in [1.29, 1.82) is 0 Å². The highest BCUT2D eigenvalue weighted by molar-refractivity contribution is 5.96. The number of aromatic nitrogens is 4. The van der Waals surface area contributed by atoms with Crippen molar-refractivity contribution in [1.82, 2.24) is 29.7 Å². The molecule has 3 aromatic carbocycles. The maximum Gasteiger partial charge on any atom is 0.326 e. The third-order valence-electron chi connectivity index (χ3n) is 9.74. The maximum atomic E-state index is 13.4. The molecule has 0 aliphatic carbocycles. The Kier molecular flexibility index (Phi) is 16.4. The molecule has 0 spiro atoms. The molecule has 0 fully saturated rings. The zero-order valence-corrected chi connectivity index (χ0v) is 34.5. The number of carboxylic acid groups (broad SMARTS) is 2. The standard InChI is InChI=1S/C25H22N4O4.C21H27N5O4/c30-23(28-21(25(32)33)14-19-15-26-16-27-19)20-12-7-13-29(24(20)31)22(17-8-3-1-4-9-17)18-10-5-2-6-11-18;1-14-10-16(11-15-6-3-2-4-7-15)19(28)26(12-14)13-18(27)25-17(20(29)30)8-5-9-24-21(22)23/h1-13,15-16,21-22H,14H2,(H,26,27)(H,28,30)(H,32,33);2-4,6-7,10,12,17H,5,8-9,11,13H2,1H3,(H,25,27)(H,29,30)(H4,22,23,24)/t21-;17-/m00/s1. The molecular formula is C46H49N9O8. The van der Waals surface area contributed by atoms with Crippen molar-refractivity contribution in [2.75, 3.05) is 6.54 Å². The number of hydrogen-bond donors (Lipinski definition) is 7. The number of hydrogen-bond acceptors (Lipinski definition) is 8. The second-order valence-electron chi connectivity index (χ2n) is 14.5. The van der Waals surface area contributed by atoms with Gasteiger partial charge in [-0.05, 0) is 60.2 Å². The van der Waals surface area contributed by atoms with Gasteiger partial charge in [0, 0.05) is 49.2 Å². The molecule has 0 radical (unpaired) electrons. The molecule has 0 aliphatic rings. The number of benzene rings is 3. The quantitative estimate of drug-likeness (QED) is 0.0375. The summed E-state index contributed by atoms with van der Waals surface area (Å²) < 4.78 is 2.80. The van der Waals surface area contributed by atoms with Crippen LogP contribution in [0, 0.1) is 6.92 Å². The average molecular weight is 856 g/mol. The Hall–Kier alpha value is -8.08. The Labute approximate surface area is 362 Å². The molecule has 2 atom stereocenters. The molecule has 0 unspecified atom stereocenters. The summed E-state index contributed by atoms with van der Waals surface area (Å²) in [5.41, 5.74) is 14.2. The van der Waals surface area contributed by atoms with Gasteiger partial charge in [-0.2, -0.15) is 0 Å². The van der Waals surface area contributed by atoms with Crippen molar-refractivity contribution < 1.29 is 29.4 Å². The summed E-state index contributed by atoms with van der Waals surface area (Å²) >= 11 is 0. The smallest absolute Gasteiger partial charge is 0.326 e. The zero-order chi connectivity index (χ0) is 45.3. The summed E-state index contributed by atoms with van der Waals surface area (Å²) in [6.45, 7) is 1.84. The Morgan fingerprint density at radius 1 is 0.810 bits per heavy atom. The van der Waals surface area contributed by atoms with Crippen LogP contribution < -0.4 is 33.2 Å². The fraction of sp³-hybridized carbons (Fsp3) is 0.217. The third-order valence-corrected chi connectivity index (χ3v) is 9.74. The Morgan fingerprint density at radius 3 is 2.00 bits per heavy atom. The number of nitrogens with one attached hydrogen (secondary N) is 3. The molecular weight excluding hydrogens is 807 g/mol. The van der Waals surface area contributed by atoms with Gasteiger partial charge in [0.15, 0.2) is 5.96 Å². The maximum absolute atomic E-state index is 13.4. The van der Waals surface area contributed by atoms with Crippen molar-refractivity contribution in [3.8, 4) is 0 Å². The molecule has 63 heavy (non-hydrogen) atoms. The van der Waals surface area contributed by atoms with Crippen LogP contribution in [0.15, 0.2) is 149 Å². The summed E-state index contributed by atoms with van der Waals surface area (Å²) in [6, 6.07) is 30.6. The van der Waals surface area contributed by atoms with E-state index in [2.05, 4.69) is 25.6 Å². The van der Waals surface area contributed by atoms with Crippen molar-refractivity contribution in [3.05, 3.63) is 194 Å². The van der Waals surface area contributed by atoms with Gasteiger partial charge in [-0.25, -0.2) is 14.6 Å². The molecule has 0 saturated carbocycles. The van der Waals surface area contributed by atoms with Crippen molar-refractivity contribution >= 4 is 29.7 Å². The molecule has 6 rings (SSSR count). The number of nitrogens with two attached hydrogens (primary N) is 2. The topological polar surface area (TPSA) is 270 Å². The number of rotatable bonds is 18. The van der Waals surface area contributed by atoms with Gasteiger partial charge in [0.2, 0.25) is 5.91 Å². The van der Waals surface area contributed by atoms with E-state index in [0.717, 1.165) is 22.3 Å². The monoisotopic (exact) mass is 855 g/mol. The van der Waals surface area contributed by atoms with E-state index in [-0.39, 0.29) is 43.0 Å². The van der Waals surface area contributed by atoms with Crippen LogP contribution in [0.4, 0.5) is 0 Å². The number of H-pyrrole nitrogens is 1. The normalized spacial score (nSPS) is 11.7. The third kappa shape index (κ3) is 13.5. The number of carboxylic acids is 2. The number of aromatic amines is 1. The van der Waals surface area contributed by atoms with Crippen LogP contribution in [0.25, 0.3) is 0 Å². The molecule has 326 valence electrons. The van der Waals surface area contributed by atoms with Crippen molar-refractivity contribution in [2.45, 2.75) is 57.3 Å². The number of aliphatic imine (C=N–C) groups is 1. The van der Waals surface area contributed by atoms with E-state index in [1.807, 2.05) is 97.9 Å². The SMILES string of the molecule is Cc1cc(Cc2ccccc2)c(=O)n(CC(=O)N[C@@H](CCCN=C(N)N)C(=O)O)c1.O=C(N[C@@H](Cc1cnc[nH]1)C(=O)O)c1cccn(C(c2ccccc2)c2ccccc2)c1=O. The van der Waals surface area contributed by atoms with Crippen LogP contribution in [0.1, 0.15) is 62.8 Å². The van der Waals surface area contributed by atoms with E-state index in [1.165, 1.54) is 27.7 Å². The minimum Gasteiger partial charge on any atom is -0.480 e. The highest BCUT2D eigenvalue weighted by Crippen LogP contribution is 2.25. The van der Waals surface area contributed by atoms with E-state index in [9.17, 15) is 39.0 Å². The molecule has 17 nitrogen and oxygen atoms in total. The average Bonchev–Trinajstić information content (AvgIpc) is 3.78. The number of aliphatic carboxylic acids is 2. The van der Waals surface area contributed by atoms with Gasteiger partial charge in [0.05, 0.1) is 12.4 Å². The molecule has 0 bridgehead atoms. The number of imidazole rings is 1. The molecule has 3 aromatic heterocycles. The Morgan fingerprint density at radius 2 is 1.43 bits per heavy atom. The number of guanidine groups is 1. The molecule has 17 heteroatoms. The van der Waals surface area contributed by atoms with Crippen molar-refractivity contribution in [3.63, 3.8) is 0 Å². The summed E-state index contributed by atoms with van der Waals surface area (Å²) in [4.78, 5) is 85.1. The zero-order valence-electron chi connectivity index (χ0n) is 34.5. The number of pyridine rings is 2. The van der Waals surface area contributed by atoms with Crippen LogP contribution >= 0.6 is 0 Å². The lowest BCUT2D eigenvalue weighted by atomic mass is 9.98. The first-order valence-electron chi connectivity index (χ1n) is 19.9. The number of nitrogens with zero attached hydrogens (tertiary/aromatic N) is 4. The molecule has 0 aliphatic heterocycles. The van der Waals surface area contributed by atoms with Gasteiger partial charge in [0.25, 0.3) is 17.0 Å². The number of aryl methyl sites for hydroxylation is 1. The van der Waals surface area contributed by atoms with E-state index < -0.39 is 47.4 Å². The minimum atomic E-state index is -1.22. The Bertz CT molecular complexity index is 2570. The Balaban J connectivity index is 0.000000239. The van der Waals surface area contributed by atoms with Gasteiger partial charge in [-0.15, -0.1) is 0 Å². The van der Waals surface area contributed by atoms with Gasteiger partial charge >= 0.3 is 11.9 Å². The molecule has 9 N–H and O–H groups in total. The van der Waals surface area contributed by atoms with Crippen LogP contribution in [-0.4, -0.2) is 77.7 Å². The fourth-order valence-electron chi connectivity index (χ4n) is 6.80. The summed E-state index contributed by atoms with van der Waals surface area (Å²) in [6.07, 6.45) is 7.15. The second kappa shape index (κ2) is 22.5. The summed E-state index contributed by atoms with van der Waals surface area (Å²) in [7, 11) is 0. The van der Waals surface area contributed by atoms with E-state index >= 15 is 0 Å². The molecule has 6 aromatic rings. The summed E-state index contributed by atoms with van der Waals surface area (Å²) in [5.74, 6) is -3.74. The van der Waals surface area contributed by atoms with Crippen LogP contribution in [0.5, 0.6) is 0 Å². The van der Waals surface area contributed by atoms with Gasteiger partial charge in [-0.1, -0.05) is 91.0 Å². The number of carbonyl (C=O) groups excluding carboxylic acids is 2. The summed E-state index contributed by atoms with van der Waals surface area (Å²) in [5, 5.41) is 23.8. The second-order valence-corrected chi connectivity index (χ2v) is 14.5. The van der Waals surface area contributed by atoms with E-state index in [4.69, 9.17) is 11.5 Å². The largest absolute Gasteiger partial charge is 0.480 e. The first-order valence-corrected chi connectivity index (χ1v) is 19.9. The molecule has 3 heterocycles. The highest BCUT2D eigenvalue weighted by Gasteiger charge is 2.26. The number of amides is 2. The lowest BCUT2D eigenvalue weighted by Crippen LogP contribution is -2.44. The van der Waals surface area contributed by atoms with Gasteiger partial charge < -0.3 is 46.4 Å². The lowest BCUT2D eigenvalue weighted by Gasteiger charge is -2.22. The van der Waals surface area contributed by atoms with Crippen LogP contribution in [-0.2, 0) is 33.8 Å². The van der Waals surface area contributed by atoms with Gasteiger partial charge in [0.1, 0.15) is 24.2 Å². The minimum absolute atomic E-state index is 0.0127. The van der Waals surface area contributed by atoms with E-state index in [0.29, 0.717) is 24.1 Å². The molecule has 2 amide bonds. The van der Waals surface area contributed by atoms with Crippen LogP contribution in [0.2, 0.25) is 0 Å². The first kappa shape index (κ1) is 46.0. The predicted octanol–water partition coefficient (Wildman–Crippen LogP) is 3.01. The highest BCUT2D eigenvalue weighted by atomic mass is 16.4. The van der Waals surface area contributed by atoms with Gasteiger partial charge in [-0.3, -0.25) is 24.2 Å². The fourth-order valence-corrected chi connectivity index (χ4v) is 6.80. The number of carbonyl (C=O) groups is 4.